The molecule has 0 atom stereocenters. The van der Waals surface area contributed by atoms with E-state index < -0.39 is 0 Å². The fourth-order valence-electron chi connectivity index (χ4n) is 3.81. The van der Waals surface area contributed by atoms with E-state index in [1.54, 1.807) is 6.07 Å². The first-order chi connectivity index (χ1) is 12.3. The normalized spacial score (nSPS) is 16.2. The van der Waals surface area contributed by atoms with Gasteiger partial charge in [0, 0.05) is 0 Å². The molecule has 4 aromatic rings. The number of para-hydroxylation sites is 1. The molecule has 0 amide bonds. The van der Waals surface area contributed by atoms with Crippen LogP contribution in [0.4, 0.5) is 0 Å². The smallest absolute Gasteiger partial charge is 0.202 e. The minimum Gasteiger partial charge on any atom is -0.456 e. The predicted molar refractivity (Wildman–Crippen MR) is 98.8 cm³/mol. The van der Waals surface area contributed by atoms with Crippen LogP contribution in [0.3, 0.4) is 0 Å². The van der Waals surface area contributed by atoms with Gasteiger partial charge in [-0.25, -0.2) is 4.98 Å². The summed E-state index contributed by atoms with van der Waals surface area (Å²) in [6, 6.07) is 11.2. The molecule has 25 heavy (non-hydrogen) atoms. The lowest BCUT2D eigenvalue weighted by Crippen LogP contribution is -2.29. The van der Waals surface area contributed by atoms with Crippen molar-refractivity contribution in [3.63, 3.8) is 0 Å². The summed E-state index contributed by atoms with van der Waals surface area (Å²) in [5.41, 5.74) is 2.79. The fourth-order valence-corrected chi connectivity index (χ4v) is 3.81. The van der Waals surface area contributed by atoms with E-state index in [1.807, 2.05) is 30.3 Å². The van der Waals surface area contributed by atoms with E-state index in [2.05, 4.69) is 9.88 Å². The summed E-state index contributed by atoms with van der Waals surface area (Å²) in [5.74, 6) is 0.914. The Morgan fingerprint density at radius 2 is 1.88 bits per heavy atom. The third-order valence-corrected chi connectivity index (χ3v) is 5.07. The molecule has 1 fully saturated rings. The van der Waals surface area contributed by atoms with Crippen LogP contribution in [0.15, 0.2) is 45.6 Å². The van der Waals surface area contributed by atoms with E-state index in [9.17, 15) is 4.79 Å². The molecule has 5 nitrogen and oxygen atoms in total. The Hall–Kier alpha value is -2.66. The molecule has 1 N–H and O–H groups in total. The SMILES string of the molecule is O=c1c2ccccc2oc2ccc3[nH]c(CN4CCCCC4)nc3c12. The van der Waals surface area contributed by atoms with Gasteiger partial charge in [0.1, 0.15) is 22.5 Å². The molecule has 1 saturated heterocycles. The minimum absolute atomic E-state index is 0.0153. The summed E-state index contributed by atoms with van der Waals surface area (Å²) in [4.78, 5) is 23.5. The number of imidazole rings is 1. The number of rotatable bonds is 2. The van der Waals surface area contributed by atoms with Crippen molar-refractivity contribution in [2.75, 3.05) is 13.1 Å². The second kappa shape index (κ2) is 5.70. The lowest BCUT2D eigenvalue weighted by atomic mass is 10.1. The van der Waals surface area contributed by atoms with Crippen LogP contribution < -0.4 is 5.43 Å². The highest BCUT2D eigenvalue weighted by Crippen LogP contribution is 2.25. The monoisotopic (exact) mass is 333 g/mol. The fraction of sp³-hybridized carbons (Fsp3) is 0.300. The summed E-state index contributed by atoms with van der Waals surface area (Å²) in [6.45, 7) is 3.03. The predicted octanol–water partition coefficient (Wildman–Crippen LogP) is 3.81. The van der Waals surface area contributed by atoms with Crippen molar-refractivity contribution >= 4 is 33.0 Å². The highest BCUT2D eigenvalue weighted by Gasteiger charge is 2.16. The Balaban J connectivity index is 1.68. The molecule has 0 radical (unpaired) electrons. The average molecular weight is 333 g/mol. The van der Waals surface area contributed by atoms with Crippen LogP contribution in [-0.2, 0) is 6.54 Å². The number of likely N-dealkylation sites (tertiary alicyclic amines) is 1. The van der Waals surface area contributed by atoms with Crippen LogP contribution in [-0.4, -0.2) is 28.0 Å². The molecule has 5 rings (SSSR count). The molecule has 126 valence electrons. The van der Waals surface area contributed by atoms with Crippen molar-refractivity contribution in [1.29, 1.82) is 0 Å². The Kier molecular flexibility index (Phi) is 3.35. The zero-order valence-corrected chi connectivity index (χ0v) is 13.9. The highest BCUT2D eigenvalue weighted by atomic mass is 16.3. The van der Waals surface area contributed by atoms with Gasteiger partial charge in [-0.3, -0.25) is 9.69 Å². The Bertz CT molecular complexity index is 1140. The summed E-state index contributed by atoms with van der Waals surface area (Å²) in [6.07, 6.45) is 3.81. The molecule has 1 aliphatic rings. The van der Waals surface area contributed by atoms with Gasteiger partial charge >= 0.3 is 0 Å². The minimum atomic E-state index is -0.0153. The molecule has 3 heterocycles. The number of piperidine rings is 1. The number of aromatic amines is 1. The van der Waals surface area contributed by atoms with Crippen molar-refractivity contribution in [1.82, 2.24) is 14.9 Å². The summed E-state index contributed by atoms with van der Waals surface area (Å²) >= 11 is 0. The summed E-state index contributed by atoms with van der Waals surface area (Å²) in [5, 5.41) is 1.17. The van der Waals surface area contributed by atoms with Gasteiger partial charge in [0.15, 0.2) is 0 Å². The van der Waals surface area contributed by atoms with Gasteiger partial charge in [-0.05, 0) is 50.2 Å². The van der Waals surface area contributed by atoms with Crippen LogP contribution in [0.25, 0.3) is 33.0 Å². The maximum Gasteiger partial charge on any atom is 0.202 e. The maximum absolute atomic E-state index is 13.0. The molecule has 0 bridgehead atoms. The molecule has 5 heteroatoms. The third kappa shape index (κ3) is 2.43. The van der Waals surface area contributed by atoms with Gasteiger partial charge in [0.25, 0.3) is 0 Å². The molecule has 2 aromatic carbocycles. The van der Waals surface area contributed by atoms with Gasteiger partial charge in [-0.15, -0.1) is 0 Å². The van der Waals surface area contributed by atoms with Crippen LogP contribution in [0, 0.1) is 0 Å². The molecular weight excluding hydrogens is 314 g/mol. The van der Waals surface area contributed by atoms with Crippen molar-refractivity contribution < 1.29 is 4.42 Å². The average Bonchev–Trinajstić information content (AvgIpc) is 3.05. The van der Waals surface area contributed by atoms with Crippen LogP contribution in [0.2, 0.25) is 0 Å². The van der Waals surface area contributed by atoms with Crippen LogP contribution in [0.5, 0.6) is 0 Å². The largest absolute Gasteiger partial charge is 0.456 e. The summed E-state index contributed by atoms with van der Waals surface area (Å²) < 4.78 is 5.93. The van der Waals surface area contributed by atoms with E-state index in [0.717, 1.165) is 31.0 Å². The number of benzene rings is 2. The second-order valence-corrected chi connectivity index (χ2v) is 6.78. The highest BCUT2D eigenvalue weighted by molar-refractivity contribution is 6.05. The van der Waals surface area contributed by atoms with Crippen LogP contribution >= 0.6 is 0 Å². The van der Waals surface area contributed by atoms with Gasteiger partial charge in [0.2, 0.25) is 5.43 Å². The van der Waals surface area contributed by atoms with E-state index in [1.165, 1.54) is 19.3 Å². The second-order valence-electron chi connectivity index (χ2n) is 6.78. The van der Waals surface area contributed by atoms with E-state index in [4.69, 9.17) is 9.40 Å². The van der Waals surface area contributed by atoms with Gasteiger partial charge in [-0.2, -0.15) is 0 Å². The lowest BCUT2D eigenvalue weighted by Gasteiger charge is -2.25. The van der Waals surface area contributed by atoms with E-state index in [-0.39, 0.29) is 5.43 Å². The first-order valence-electron chi connectivity index (χ1n) is 8.85. The van der Waals surface area contributed by atoms with Gasteiger partial charge in [-0.1, -0.05) is 18.6 Å². The molecule has 0 spiro atoms. The Labute approximate surface area is 144 Å². The number of hydrogen-bond acceptors (Lipinski definition) is 4. The number of nitrogens with zero attached hydrogens (tertiary/aromatic N) is 2. The number of hydrogen-bond donors (Lipinski definition) is 1. The van der Waals surface area contributed by atoms with Crippen molar-refractivity contribution in [3.05, 3.63) is 52.4 Å². The summed E-state index contributed by atoms with van der Waals surface area (Å²) in [7, 11) is 0. The quantitative estimate of drug-likeness (QED) is 0.567. The zero-order chi connectivity index (χ0) is 16.8. The zero-order valence-electron chi connectivity index (χ0n) is 13.9. The van der Waals surface area contributed by atoms with Gasteiger partial charge < -0.3 is 9.40 Å². The number of H-pyrrole nitrogens is 1. The van der Waals surface area contributed by atoms with Crippen LogP contribution in [0.1, 0.15) is 25.1 Å². The lowest BCUT2D eigenvalue weighted by molar-refractivity contribution is 0.216. The molecule has 0 saturated carbocycles. The standard InChI is InChI=1S/C20H19N3O2/c24-20-13-6-2-3-7-15(13)25-16-9-8-14-19(18(16)20)22-17(21-14)12-23-10-4-1-5-11-23/h2-3,6-9H,1,4-5,10-12H2,(H,21,22). The van der Waals surface area contributed by atoms with E-state index in [0.29, 0.717) is 27.5 Å². The molecule has 0 unspecified atom stereocenters. The number of aromatic nitrogens is 2. The van der Waals surface area contributed by atoms with Crippen molar-refractivity contribution in [2.45, 2.75) is 25.8 Å². The number of nitrogens with one attached hydrogen (secondary N) is 1. The van der Waals surface area contributed by atoms with E-state index >= 15 is 0 Å². The topological polar surface area (TPSA) is 62.1 Å². The molecule has 0 aliphatic carbocycles. The Morgan fingerprint density at radius 1 is 1.04 bits per heavy atom. The first kappa shape index (κ1) is 14.7. The van der Waals surface area contributed by atoms with Crippen molar-refractivity contribution in [3.8, 4) is 0 Å². The first-order valence-corrected chi connectivity index (χ1v) is 8.85. The van der Waals surface area contributed by atoms with Crippen molar-refractivity contribution in [2.24, 2.45) is 0 Å². The number of fused-ring (bicyclic) bond motifs is 4. The van der Waals surface area contributed by atoms with Gasteiger partial charge in [0.05, 0.1) is 22.8 Å². The Morgan fingerprint density at radius 3 is 2.76 bits per heavy atom. The third-order valence-electron chi connectivity index (χ3n) is 5.07. The maximum atomic E-state index is 13.0. The molecule has 2 aromatic heterocycles. The molecular formula is C20H19N3O2. The molecule has 1 aliphatic heterocycles.